The molecule has 0 aliphatic heterocycles. The molecule has 0 amide bonds. The van der Waals surface area contributed by atoms with Crippen molar-refractivity contribution in [3.8, 4) is 0 Å². The van der Waals surface area contributed by atoms with Gasteiger partial charge in [-0.15, -0.1) is 0 Å². The Balaban J connectivity index is 1.78. The van der Waals surface area contributed by atoms with Gasteiger partial charge < -0.3 is 5.32 Å². The molecule has 2 aliphatic carbocycles. The van der Waals surface area contributed by atoms with Crippen LogP contribution in [0.2, 0.25) is 0 Å². The fraction of sp³-hybridized carbons (Fsp3) is 1.00. The van der Waals surface area contributed by atoms with E-state index in [1.807, 2.05) is 0 Å². The van der Waals surface area contributed by atoms with Crippen molar-refractivity contribution in [3.05, 3.63) is 0 Å². The van der Waals surface area contributed by atoms with Gasteiger partial charge >= 0.3 is 0 Å². The van der Waals surface area contributed by atoms with E-state index < -0.39 is 0 Å². The molecule has 2 aliphatic rings. The van der Waals surface area contributed by atoms with Crippen LogP contribution in [0.5, 0.6) is 0 Å². The number of hydrogen-bond donors (Lipinski definition) is 1. The molecule has 0 radical (unpaired) electrons. The van der Waals surface area contributed by atoms with Gasteiger partial charge in [-0.1, -0.05) is 26.7 Å². The molecule has 18 heavy (non-hydrogen) atoms. The molecule has 0 bridgehead atoms. The third kappa shape index (κ3) is 4.45. The minimum atomic E-state index is 0.588. The predicted octanol–water partition coefficient (Wildman–Crippen LogP) is 4.61. The van der Waals surface area contributed by atoms with Crippen molar-refractivity contribution in [2.75, 3.05) is 6.26 Å². The molecule has 0 aromatic rings. The van der Waals surface area contributed by atoms with E-state index in [-0.39, 0.29) is 0 Å². The highest BCUT2D eigenvalue weighted by atomic mass is 32.2. The molecule has 0 spiro atoms. The summed E-state index contributed by atoms with van der Waals surface area (Å²) in [6.45, 7) is 4.89. The summed E-state index contributed by atoms with van der Waals surface area (Å²) < 4.78 is 0. The molecule has 1 N–H and O–H groups in total. The standard InChI is InChI=1S/C16H31NS/c1-16(2)10-5-7-13(9-11-16)17-14-6-4-8-15(12-14)18-3/h13-15,17H,4-12H2,1-3H3. The molecule has 2 saturated carbocycles. The van der Waals surface area contributed by atoms with Crippen LogP contribution in [-0.2, 0) is 0 Å². The van der Waals surface area contributed by atoms with Crippen LogP contribution in [0.3, 0.4) is 0 Å². The second-order valence-electron chi connectivity index (χ2n) is 7.18. The molecule has 2 rings (SSSR count). The first-order valence-electron chi connectivity index (χ1n) is 7.88. The maximum Gasteiger partial charge on any atom is 0.00801 e. The fourth-order valence-electron chi connectivity index (χ4n) is 3.67. The lowest BCUT2D eigenvalue weighted by molar-refractivity contribution is 0.296. The summed E-state index contributed by atoms with van der Waals surface area (Å²) in [5, 5.41) is 4.90. The van der Waals surface area contributed by atoms with Crippen LogP contribution < -0.4 is 5.32 Å². The Hall–Kier alpha value is 0.310. The third-order valence-corrected chi connectivity index (χ3v) is 6.10. The van der Waals surface area contributed by atoms with E-state index in [1.54, 1.807) is 0 Å². The molecule has 0 saturated heterocycles. The van der Waals surface area contributed by atoms with Crippen LogP contribution in [0.4, 0.5) is 0 Å². The van der Waals surface area contributed by atoms with E-state index in [1.165, 1.54) is 57.8 Å². The topological polar surface area (TPSA) is 12.0 Å². The molecular weight excluding hydrogens is 238 g/mol. The Morgan fingerprint density at radius 3 is 2.50 bits per heavy atom. The average Bonchev–Trinajstić information content (AvgIpc) is 2.51. The fourth-order valence-corrected chi connectivity index (χ4v) is 4.50. The number of hydrogen-bond acceptors (Lipinski definition) is 2. The first kappa shape index (κ1) is 14.7. The van der Waals surface area contributed by atoms with Gasteiger partial charge in [-0.05, 0) is 56.6 Å². The Labute approximate surface area is 118 Å². The Kier molecular flexibility index (Phi) is 5.44. The second-order valence-corrected chi connectivity index (χ2v) is 8.32. The normalized spacial score (nSPS) is 37.2. The summed E-state index contributed by atoms with van der Waals surface area (Å²) >= 11 is 2.08. The highest BCUT2D eigenvalue weighted by molar-refractivity contribution is 7.99. The summed E-state index contributed by atoms with van der Waals surface area (Å²) in [5.74, 6) is 0. The van der Waals surface area contributed by atoms with Crippen LogP contribution >= 0.6 is 11.8 Å². The van der Waals surface area contributed by atoms with Gasteiger partial charge in [-0.3, -0.25) is 0 Å². The minimum Gasteiger partial charge on any atom is -0.311 e. The Bertz CT molecular complexity index is 251. The van der Waals surface area contributed by atoms with Crippen molar-refractivity contribution in [3.63, 3.8) is 0 Å². The highest BCUT2D eigenvalue weighted by Crippen LogP contribution is 2.34. The summed E-state index contributed by atoms with van der Waals surface area (Å²) in [6.07, 6.45) is 15.0. The SMILES string of the molecule is CSC1CCCC(NC2CCCC(C)(C)CC2)C1. The van der Waals surface area contributed by atoms with E-state index in [2.05, 4.69) is 37.2 Å². The molecule has 2 heteroatoms. The Morgan fingerprint density at radius 1 is 0.944 bits per heavy atom. The lowest BCUT2D eigenvalue weighted by Crippen LogP contribution is -2.41. The van der Waals surface area contributed by atoms with Crippen LogP contribution in [0.25, 0.3) is 0 Å². The van der Waals surface area contributed by atoms with Gasteiger partial charge in [0.15, 0.2) is 0 Å². The zero-order chi connectivity index (χ0) is 13.0. The highest BCUT2D eigenvalue weighted by Gasteiger charge is 2.27. The van der Waals surface area contributed by atoms with E-state index >= 15 is 0 Å². The van der Waals surface area contributed by atoms with E-state index in [9.17, 15) is 0 Å². The largest absolute Gasteiger partial charge is 0.311 e. The van der Waals surface area contributed by atoms with Gasteiger partial charge in [-0.25, -0.2) is 0 Å². The van der Waals surface area contributed by atoms with Gasteiger partial charge in [0, 0.05) is 17.3 Å². The van der Waals surface area contributed by atoms with Crippen LogP contribution in [0, 0.1) is 5.41 Å². The number of rotatable bonds is 3. The number of thioether (sulfide) groups is 1. The summed E-state index contributed by atoms with van der Waals surface area (Å²) in [6, 6.07) is 1.61. The first-order valence-corrected chi connectivity index (χ1v) is 9.17. The van der Waals surface area contributed by atoms with Crippen molar-refractivity contribution in [1.29, 1.82) is 0 Å². The monoisotopic (exact) mass is 269 g/mol. The predicted molar refractivity (Wildman–Crippen MR) is 83.3 cm³/mol. The van der Waals surface area contributed by atoms with Crippen molar-refractivity contribution < 1.29 is 0 Å². The summed E-state index contributed by atoms with van der Waals surface area (Å²) in [7, 11) is 0. The molecule has 0 aromatic heterocycles. The maximum atomic E-state index is 3.99. The van der Waals surface area contributed by atoms with Crippen molar-refractivity contribution >= 4 is 11.8 Å². The Morgan fingerprint density at radius 2 is 1.72 bits per heavy atom. The molecule has 2 fully saturated rings. The first-order chi connectivity index (χ1) is 8.59. The molecule has 3 unspecified atom stereocenters. The molecule has 1 nitrogen and oxygen atoms in total. The van der Waals surface area contributed by atoms with Gasteiger partial charge in [0.1, 0.15) is 0 Å². The number of nitrogens with one attached hydrogen (secondary N) is 1. The molecule has 3 atom stereocenters. The van der Waals surface area contributed by atoms with Gasteiger partial charge in [0.25, 0.3) is 0 Å². The quantitative estimate of drug-likeness (QED) is 0.751. The lowest BCUT2D eigenvalue weighted by atomic mass is 9.85. The van der Waals surface area contributed by atoms with Crippen molar-refractivity contribution in [2.45, 2.75) is 89.0 Å². The minimum absolute atomic E-state index is 0.588. The third-order valence-electron chi connectivity index (χ3n) is 5.01. The van der Waals surface area contributed by atoms with Gasteiger partial charge in [0.05, 0.1) is 0 Å². The zero-order valence-electron chi connectivity index (χ0n) is 12.5. The summed E-state index contributed by atoms with van der Waals surface area (Å²) in [4.78, 5) is 0. The smallest absolute Gasteiger partial charge is 0.00801 e. The van der Waals surface area contributed by atoms with Crippen molar-refractivity contribution in [1.82, 2.24) is 5.32 Å². The molecule has 0 aromatic carbocycles. The lowest BCUT2D eigenvalue weighted by Gasteiger charge is -2.32. The molecular formula is C16H31NS. The van der Waals surface area contributed by atoms with Crippen LogP contribution in [0.1, 0.15) is 71.6 Å². The molecule has 106 valence electrons. The van der Waals surface area contributed by atoms with E-state index in [4.69, 9.17) is 0 Å². The van der Waals surface area contributed by atoms with Crippen LogP contribution in [0.15, 0.2) is 0 Å². The van der Waals surface area contributed by atoms with E-state index in [0.29, 0.717) is 5.41 Å². The van der Waals surface area contributed by atoms with Crippen molar-refractivity contribution in [2.24, 2.45) is 5.41 Å². The zero-order valence-corrected chi connectivity index (χ0v) is 13.3. The summed E-state index contributed by atoms with van der Waals surface area (Å²) in [5.41, 5.74) is 0.588. The van der Waals surface area contributed by atoms with Crippen LogP contribution in [-0.4, -0.2) is 23.6 Å². The van der Waals surface area contributed by atoms with Gasteiger partial charge in [-0.2, -0.15) is 11.8 Å². The molecule has 0 heterocycles. The maximum absolute atomic E-state index is 3.99. The second kappa shape index (κ2) is 6.65. The van der Waals surface area contributed by atoms with Gasteiger partial charge in [0.2, 0.25) is 0 Å². The van der Waals surface area contributed by atoms with E-state index in [0.717, 1.165) is 17.3 Å². The average molecular weight is 269 g/mol.